The molecule has 4 rings (SSSR count). The van der Waals surface area contributed by atoms with Gasteiger partial charge in [0.1, 0.15) is 4.90 Å². The molecule has 2 heterocycles. The normalized spacial score (nSPS) is 15.2. The molecule has 7 nitrogen and oxygen atoms in total. The molecule has 0 aliphatic carbocycles. The van der Waals surface area contributed by atoms with Crippen LogP contribution in [0.2, 0.25) is 5.02 Å². The highest BCUT2D eigenvalue weighted by atomic mass is 35.5. The van der Waals surface area contributed by atoms with E-state index in [0.717, 1.165) is 37.6 Å². The second kappa shape index (κ2) is 8.59. The molecular weight excluding hydrogens is 422 g/mol. The van der Waals surface area contributed by atoms with Gasteiger partial charge in [-0.3, -0.25) is 4.72 Å². The molecule has 0 amide bonds. The molecule has 1 N–H and O–H groups in total. The van der Waals surface area contributed by atoms with E-state index in [-0.39, 0.29) is 9.92 Å². The zero-order chi connectivity index (χ0) is 21.1. The van der Waals surface area contributed by atoms with Crippen molar-refractivity contribution < 1.29 is 8.42 Å². The van der Waals surface area contributed by atoms with E-state index < -0.39 is 10.0 Å². The Morgan fingerprint density at radius 2 is 1.70 bits per heavy atom. The van der Waals surface area contributed by atoms with Crippen LogP contribution in [0.3, 0.4) is 0 Å². The molecule has 1 aliphatic rings. The van der Waals surface area contributed by atoms with E-state index in [9.17, 15) is 8.42 Å². The number of aromatic nitrogens is 2. The van der Waals surface area contributed by atoms with E-state index >= 15 is 0 Å². The Morgan fingerprint density at radius 1 is 0.933 bits per heavy atom. The van der Waals surface area contributed by atoms with Gasteiger partial charge in [-0.25, -0.2) is 8.42 Å². The zero-order valence-electron chi connectivity index (χ0n) is 16.5. The molecule has 0 radical (unpaired) electrons. The van der Waals surface area contributed by atoms with Crippen LogP contribution in [0.25, 0.3) is 11.3 Å². The predicted molar refractivity (Wildman–Crippen MR) is 119 cm³/mol. The van der Waals surface area contributed by atoms with Crippen molar-refractivity contribution in [1.82, 2.24) is 15.1 Å². The molecule has 3 aromatic rings. The fraction of sp³-hybridized carbons (Fsp3) is 0.238. The Bertz CT molecular complexity index is 1130. The molecule has 156 valence electrons. The first kappa shape index (κ1) is 20.6. The van der Waals surface area contributed by atoms with Crippen molar-refractivity contribution in [3.05, 3.63) is 65.7 Å². The van der Waals surface area contributed by atoms with Gasteiger partial charge in [0.05, 0.1) is 10.7 Å². The molecule has 2 aromatic carbocycles. The first-order valence-electron chi connectivity index (χ1n) is 9.57. The minimum absolute atomic E-state index is 0.0355. The van der Waals surface area contributed by atoms with Gasteiger partial charge in [-0.1, -0.05) is 35.9 Å². The lowest BCUT2D eigenvalue weighted by molar-refractivity contribution is 0.312. The highest BCUT2D eigenvalue weighted by Gasteiger charge is 2.18. The number of nitrogens with one attached hydrogen (secondary N) is 1. The van der Waals surface area contributed by atoms with Crippen LogP contribution in [0.1, 0.15) is 0 Å². The van der Waals surface area contributed by atoms with Crippen molar-refractivity contribution in [3.63, 3.8) is 0 Å². The maximum atomic E-state index is 12.7. The Balaban J connectivity index is 1.53. The smallest absolute Gasteiger partial charge is 0.263 e. The lowest BCUT2D eigenvalue weighted by Gasteiger charge is -2.32. The van der Waals surface area contributed by atoms with Crippen LogP contribution in [0.4, 0.5) is 11.5 Å². The summed E-state index contributed by atoms with van der Waals surface area (Å²) >= 11 is 6.04. The molecule has 1 aliphatic heterocycles. The second-order valence-electron chi connectivity index (χ2n) is 7.18. The van der Waals surface area contributed by atoms with Gasteiger partial charge >= 0.3 is 0 Å². The number of hydrogen-bond acceptors (Lipinski definition) is 6. The number of hydrogen-bond donors (Lipinski definition) is 1. The van der Waals surface area contributed by atoms with Gasteiger partial charge in [0.25, 0.3) is 10.0 Å². The highest BCUT2D eigenvalue weighted by Crippen LogP contribution is 2.26. The molecule has 0 saturated carbocycles. The number of likely N-dealkylation sites (N-methyl/N-ethyl adjacent to an activating group) is 1. The second-order valence-corrected chi connectivity index (χ2v) is 9.24. The number of sulfonamides is 1. The quantitative estimate of drug-likeness (QED) is 0.651. The monoisotopic (exact) mass is 443 g/mol. The minimum Gasteiger partial charge on any atom is -0.353 e. The third-order valence-corrected chi connectivity index (χ3v) is 6.90. The van der Waals surface area contributed by atoms with Gasteiger partial charge < -0.3 is 9.80 Å². The van der Waals surface area contributed by atoms with Crippen LogP contribution in [0, 0.1) is 0 Å². The zero-order valence-corrected chi connectivity index (χ0v) is 18.1. The number of piperazine rings is 1. The van der Waals surface area contributed by atoms with Crippen molar-refractivity contribution in [1.29, 1.82) is 0 Å². The van der Waals surface area contributed by atoms with Crippen molar-refractivity contribution in [2.24, 2.45) is 0 Å². The molecule has 1 aromatic heterocycles. The first-order valence-corrected chi connectivity index (χ1v) is 11.4. The minimum atomic E-state index is -3.80. The van der Waals surface area contributed by atoms with E-state index in [1.54, 1.807) is 36.4 Å². The van der Waals surface area contributed by atoms with Gasteiger partial charge in [-0.15, -0.1) is 10.2 Å². The van der Waals surface area contributed by atoms with E-state index in [1.165, 1.54) is 6.07 Å². The molecule has 0 bridgehead atoms. The summed E-state index contributed by atoms with van der Waals surface area (Å²) in [7, 11) is -1.69. The summed E-state index contributed by atoms with van der Waals surface area (Å²) in [6.45, 7) is 3.84. The van der Waals surface area contributed by atoms with E-state index in [0.29, 0.717) is 11.4 Å². The Labute approximate surface area is 181 Å². The van der Waals surface area contributed by atoms with Crippen LogP contribution in [0.15, 0.2) is 65.6 Å². The maximum Gasteiger partial charge on any atom is 0.263 e. The van der Waals surface area contributed by atoms with Crippen LogP contribution < -0.4 is 9.62 Å². The van der Waals surface area contributed by atoms with Crippen LogP contribution in [0.5, 0.6) is 0 Å². The Kier molecular flexibility index (Phi) is 5.90. The predicted octanol–water partition coefficient (Wildman–Crippen LogP) is 3.35. The van der Waals surface area contributed by atoms with Crippen LogP contribution in [-0.2, 0) is 10.0 Å². The number of benzene rings is 2. The van der Waals surface area contributed by atoms with Gasteiger partial charge in [-0.05, 0) is 43.4 Å². The molecule has 0 unspecified atom stereocenters. The summed E-state index contributed by atoms with van der Waals surface area (Å²) in [6, 6.07) is 17.2. The topological polar surface area (TPSA) is 78.4 Å². The Hall–Kier alpha value is -2.68. The van der Waals surface area contributed by atoms with Crippen molar-refractivity contribution in [2.75, 3.05) is 42.8 Å². The standard InChI is InChI=1S/C21H22ClN5O2S/c1-26-11-13-27(14-12-26)21-10-9-19(23-24-21)16-5-4-6-17(15-16)25-30(28,29)20-8-3-2-7-18(20)22/h2-10,15,25H,11-14H2,1H3. The molecule has 0 atom stereocenters. The molecule has 30 heavy (non-hydrogen) atoms. The molecule has 1 saturated heterocycles. The SMILES string of the molecule is CN1CCN(c2ccc(-c3cccc(NS(=O)(=O)c4ccccc4Cl)c3)nn2)CC1. The van der Waals surface area contributed by atoms with Crippen molar-refractivity contribution >= 4 is 33.1 Å². The van der Waals surface area contributed by atoms with Gasteiger partial charge in [0, 0.05) is 37.4 Å². The molecule has 9 heteroatoms. The van der Waals surface area contributed by atoms with Crippen molar-refractivity contribution in [2.45, 2.75) is 4.90 Å². The lowest BCUT2D eigenvalue weighted by atomic mass is 10.1. The van der Waals surface area contributed by atoms with E-state index in [2.05, 4.69) is 31.8 Å². The van der Waals surface area contributed by atoms with Gasteiger partial charge in [-0.2, -0.15) is 0 Å². The number of rotatable bonds is 5. The van der Waals surface area contributed by atoms with Crippen molar-refractivity contribution in [3.8, 4) is 11.3 Å². The first-order chi connectivity index (χ1) is 14.4. The molecule has 1 fully saturated rings. The van der Waals surface area contributed by atoms with Crippen LogP contribution in [-0.4, -0.2) is 56.7 Å². The fourth-order valence-corrected chi connectivity index (χ4v) is 4.87. The average molecular weight is 444 g/mol. The van der Waals surface area contributed by atoms with Crippen LogP contribution >= 0.6 is 11.6 Å². The summed E-state index contributed by atoms with van der Waals surface area (Å²) in [5.74, 6) is 0.849. The summed E-state index contributed by atoms with van der Waals surface area (Å²) in [6.07, 6.45) is 0. The lowest BCUT2D eigenvalue weighted by Crippen LogP contribution is -2.44. The largest absolute Gasteiger partial charge is 0.353 e. The maximum absolute atomic E-state index is 12.7. The summed E-state index contributed by atoms with van der Waals surface area (Å²) in [5.41, 5.74) is 1.87. The summed E-state index contributed by atoms with van der Waals surface area (Å²) in [4.78, 5) is 4.53. The number of anilines is 2. The molecule has 0 spiro atoms. The molecular formula is C21H22ClN5O2S. The third-order valence-electron chi connectivity index (χ3n) is 5.01. The van der Waals surface area contributed by atoms with E-state index in [1.807, 2.05) is 18.2 Å². The van der Waals surface area contributed by atoms with Gasteiger partial charge in [0.15, 0.2) is 5.82 Å². The summed E-state index contributed by atoms with van der Waals surface area (Å²) in [5, 5.41) is 8.89. The fourth-order valence-electron chi connectivity index (χ4n) is 3.30. The van der Waals surface area contributed by atoms with E-state index in [4.69, 9.17) is 11.6 Å². The Morgan fingerprint density at radius 3 is 2.40 bits per heavy atom. The van der Waals surface area contributed by atoms with Gasteiger partial charge in [0.2, 0.25) is 0 Å². The number of nitrogens with zero attached hydrogens (tertiary/aromatic N) is 4. The highest BCUT2D eigenvalue weighted by molar-refractivity contribution is 7.92. The average Bonchev–Trinajstić information content (AvgIpc) is 2.74. The summed E-state index contributed by atoms with van der Waals surface area (Å²) < 4.78 is 27.9. The third kappa shape index (κ3) is 4.56. The number of halogens is 1.